The van der Waals surface area contributed by atoms with Gasteiger partial charge in [-0.25, -0.2) is 4.39 Å². The molecule has 0 bridgehead atoms. The molecule has 1 saturated carbocycles. The molecule has 1 N–H and O–H groups in total. The first-order valence-electron chi connectivity index (χ1n) is 6.56. The van der Waals surface area contributed by atoms with Gasteiger partial charge in [0.15, 0.2) is 0 Å². The Hall–Kier alpha value is -0.960. The summed E-state index contributed by atoms with van der Waals surface area (Å²) in [7, 11) is 1.99. The van der Waals surface area contributed by atoms with Gasteiger partial charge in [-0.2, -0.15) is 0 Å². The second kappa shape index (κ2) is 6.10. The molecular formula is C14H21FN2. The first-order valence-corrected chi connectivity index (χ1v) is 6.56. The maximum atomic E-state index is 13.3. The van der Waals surface area contributed by atoms with E-state index in [-0.39, 0.29) is 5.82 Å². The van der Waals surface area contributed by atoms with Gasteiger partial charge in [0.25, 0.3) is 0 Å². The first kappa shape index (κ1) is 12.5. The molecular weight excluding hydrogens is 215 g/mol. The molecule has 94 valence electrons. The van der Waals surface area contributed by atoms with Crippen LogP contribution in [0.4, 0.5) is 4.39 Å². The van der Waals surface area contributed by atoms with Crippen molar-refractivity contribution in [2.24, 2.45) is 5.92 Å². The minimum Gasteiger partial charge on any atom is -0.319 e. The summed E-state index contributed by atoms with van der Waals surface area (Å²) < 4.78 is 13.3. The lowest BCUT2D eigenvalue weighted by molar-refractivity contribution is 0.384. The topological polar surface area (TPSA) is 24.9 Å². The highest BCUT2D eigenvalue weighted by atomic mass is 19.1. The predicted octanol–water partition coefficient (Wildman–Crippen LogP) is 3.10. The smallest absolute Gasteiger partial charge is 0.141 e. The predicted molar refractivity (Wildman–Crippen MR) is 67.4 cm³/mol. The quantitative estimate of drug-likeness (QED) is 0.816. The maximum absolute atomic E-state index is 13.3. The van der Waals surface area contributed by atoms with Gasteiger partial charge in [0.05, 0.1) is 6.20 Å². The van der Waals surface area contributed by atoms with Crippen LogP contribution in [-0.2, 0) is 0 Å². The van der Waals surface area contributed by atoms with Gasteiger partial charge in [-0.3, -0.25) is 4.98 Å². The SMILES string of the molecule is CNCC1CCCCCC1c1cncc(F)c1. The summed E-state index contributed by atoms with van der Waals surface area (Å²) in [6.07, 6.45) is 9.38. The molecule has 0 saturated heterocycles. The van der Waals surface area contributed by atoms with E-state index in [1.807, 2.05) is 13.2 Å². The Kier molecular flexibility index (Phi) is 4.49. The molecule has 0 aromatic carbocycles. The third-order valence-electron chi connectivity index (χ3n) is 3.78. The van der Waals surface area contributed by atoms with Gasteiger partial charge >= 0.3 is 0 Å². The molecule has 0 spiro atoms. The number of hydrogen-bond donors (Lipinski definition) is 1. The van der Waals surface area contributed by atoms with Crippen LogP contribution in [0.3, 0.4) is 0 Å². The highest BCUT2D eigenvalue weighted by Gasteiger charge is 2.25. The zero-order valence-corrected chi connectivity index (χ0v) is 10.5. The van der Waals surface area contributed by atoms with Crippen LogP contribution in [0.15, 0.2) is 18.5 Å². The molecule has 2 rings (SSSR count). The minimum absolute atomic E-state index is 0.213. The Balaban J connectivity index is 2.19. The second-order valence-electron chi connectivity index (χ2n) is 5.00. The summed E-state index contributed by atoms with van der Waals surface area (Å²) in [5.74, 6) is 0.870. The molecule has 17 heavy (non-hydrogen) atoms. The van der Waals surface area contributed by atoms with Crippen molar-refractivity contribution in [2.45, 2.75) is 38.0 Å². The van der Waals surface area contributed by atoms with Crippen molar-refractivity contribution in [1.29, 1.82) is 0 Å². The molecule has 0 radical (unpaired) electrons. The fourth-order valence-corrected chi connectivity index (χ4v) is 2.96. The molecule has 1 aliphatic rings. The summed E-state index contributed by atoms with van der Waals surface area (Å²) in [6.45, 7) is 1.02. The Morgan fingerprint density at radius 1 is 1.29 bits per heavy atom. The zero-order chi connectivity index (χ0) is 12.1. The molecule has 2 nitrogen and oxygen atoms in total. The third kappa shape index (κ3) is 3.25. The number of pyridine rings is 1. The Morgan fingerprint density at radius 2 is 2.12 bits per heavy atom. The fourth-order valence-electron chi connectivity index (χ4n) is 2.96. The lowest BCUT2D eigenvalue weighted by Gasteiger charge is -2.25. The van der Waals surface area contributed by atoms with Crippen LogP contribution in [0.25, 0.3) is 0 Å². The molecule has 1 aromatic rings. The summed E-state index contributed by atoms with van der Waals surface area (Å²) >= 11 is 0. The van der Waals surface area contributed by atoms with Crippen molar-refractivity contribution in [3.8, 4) is 0 Å². The summed E-state index contributed by atoms with van der Waals surface area (Å²) in [6, 6.07) is 1.66. The van der Waals surface area contributed by atoms with Crippen LogP contribution in [0.2, 0.25) is 0 Å². The number of hydrogen-bond acceptors (Lipinski definition) is 2. The molecule has 0 aliphatic heterocycles. The molecule has 3 heteroatoms. The van der Waals surface area contributed by atoms with E-state index in [0.29, 0.717) is 11.8 Å². The summed E-state index contributed by atoms with van der Waals surface area (Å²) in [5.41, 5.74) is 1.08. The van der Waals surface area contributed by atoms with Crippen molar-refractivity contribution < 1.29 is 4.39 Å². The van der Waals surface area contributed by atoms with Crippen molar-refractivity contribution in [3.05, 3.63) is 29.8 Å². The van der Waals surface area contributed by atoms with Crippen molar-refractivity contribution >= 4 is 0 Å². The molecule has 1 heterocycles. The summed E-state index contributed by atoms with van der Waals surface area (Å²) in [5, 5.41) is 3.27. The van der Waals surface area contributed by atoms with Crippen molar-refractivity contribution in [3.63, 3.8) is 0 Å². The molecule has 1 aliphatic carbocycles. The number of nitrogens with zero attached hydrogens (tertiary/aromatic N) is 1. The van der Waals surface area contributed by atoms with E-state index in [1.165, 1.54) is 31.9 Å². The zero-order valence-electron chi connectivity index (χ0n) is 10.5. The van der Waals surface area contributed by atoms with Crippen LogP contribution >= 0.6 is 0 Å². The summed E-state index contributed by atoms with van der Waals surface area (Å²) in [4.78, 5) is 3.99. The van der Waals surface area contributed by atoms with Gasteiger partial charge in [-0.1, -0.05) is 19.3 Å². The van der Waals surface area contributed by atoms with E-state index < -0.39 is 0 Å². The number of rotatable bonds is 3. The highest BCUT2D eigenvalue weighted by Crippen LogP contribution is 2.36. The standard InChI is InChI=1S/C14H21FN2/c1-16-8-11-5-3-2-4-6-14(11)12-7-13(15)10-17-9-12/h7,9-11,14,16H,2-6,8H2,1H3. The first-order chi connectivity index (χ1) is 8.31. The number of aromatic nitrogens is 1. The number of nitrogens with one attached hydrogen (secondary N) is 1. The molecule has 2 atom stereocenters. The van der Waals surface area contributed by atoms with E-state index in [2.05, 4.69) is 10.3 Å². The lowest BCUT2D eigenvalue weighted by Crippen LogP contribution is -2.24. The molecule has 0 amide bonds. The van der Waals surface area contributed by atoms with Gasteiger partial charge in [-0.15, -0.1) is 0 Å². The Labute approximate surface area is 103 Å². The van der Waals surface area contributed by atoms with Gasteiger partial charge in [-0.05, 0) is 49.9 Å². The Bertz CT molecular complexity index is 354. The van der Waals surface area contributed by atoms with Gasteiger partial charge in [0.1, 0.15) is 5.82 Å². The van der Waals surface area contributed by atoms with Gasteiger partial charge in [0.2, 0.25) is 0 Å². The lowest BCUT2D eigenvalue weighted by atomic mass is 9.83. The average Bonchev–Trinajstić information content (AvgIpc) is 2.55. The largest absolute Gasteiger partial charge is 0.319 e. The van der Waals surface area contributed by atoms with E-state index >= 15 is 0 Å². The molecule has 2 unspecified atom stereocenters. The highest BCUT2D eigenvalue weighted by molar-refractivity contribution is 5.17. The monoisotopic (exact) mass is 236 g/mol. The van der Waals surface area contributed by atoms with Gasteiger partial charge in [0, 0.05) is 6.20 Å². The minimum atomic E-state index is -0.213. The normalized spacial score (nSPS) is 25.5. The van der Waals surface area contributed by atoms with Crippen molar-refractivity contribution in [2.75, 3.05) is 13.6 Å². The van der Waals surface area contributed by atoms with Crippen LogP contribution < -0.4 is 5.32 Å². The maximum Gasteiger partial charge on any atom is 0.141 e. The van der Waals surface area contributed by atoms with E-state index in [0.717, 1.165) is 18.5 Å². The fraction of sp³-hybridized carbons (Fsp3) is 0.643. The van der Waals surface area contributed by atoms with Crippen molar-refractivity contribution in [1.82, 2.24) is 10.3 Å². The second-order valence-corrected chi connectivity index (χ2v) is 5.00. The Morgan fingerprint density at radius 3 is 2.88 bits per heavy atom. The van der Waals surface area contributed by atoms with Crippen LogP contribution in [0.1, 0.15) is 43.6 Å². The molecule has 1 fully saturated rings. The van der Waals surface area contributed by atoms with Crippen LogP contribution in [0.5, 0.6) is 0 Å². The van der Waals surface area contributed by atoms with Crippen LogP contribution in [0, 0.1) is 11.7 Å². The van der Waals surface area contributed by atoms with E-state index in [4.69, 9.17) is 0 Å². The average molecular weight is 236 g/mol. The van der Waals surface area contributed by atoms with Crippen LogP contribution in [-0.4, -0.2) is 18.6 Å². The number of halogens is 1. The third-order valence-corrected chi connectivity index (χ3v) is 3.78. The van der Waals surface area contributed by atoms with E-state index in [9.17, 15) is 4.39 Å². The van der Waals surface area contributed by atoms with Gasteiger partial charge < -0.3 is 5.32 Å². The van der Waals surface area contributed by atoms with E-state index in [1.54, 1.807) is 6.07 Å². The molecule has 1 aromatic heterocycles.